The molecule has 104 valence electrons. The lowest BCUT2D eigenvalue weighted by molar-refractivity contribution is -0.146. The summed E-state index contributed by atoms with van der Waals surface area (Å²) in [6, 6.07) is 0. The number of aliphatic carboxylic acids is 1. The molecule has 2 N–H and O–H groups in total. The van der Waals surface area contributed by atoms with Crippen LogP contribution < -0.4 is 5.32 Å². The summed E-state index contributed by atoms with van der Waals surface area (Å²) in [6.07, 6.45) is -0.0139. The fraction of sp³-hybridized carbons (Fsp3) is 0.833. The predicted molar refractivity (Wildman–Crippen MR) is 66.2 cm³/mol. The van der Waals surface area contributed by atoms with Crippen LogP contribution in [0.15, 0.2) is 0 Å². The Balaban J connectivity index is 2.34. The minimum atomic E-state index is -0.953. The van der Waals surface area contributed by atoms with E-state index in [9.17, 15) is 9.59 Å². The standard InChI is InChI=1S/C12H22N2O4/c1-8(9(2)12(16)17)11(15)13-6-10-7-14(3)4-5-18-10/h8-10H,4-7H2,1-3H3,(H,13,15)(H,16,17). The fourth-order valence-electron chi connectivity index (χ4n) is 1.81. The Bertz CT molecular complexity index is 308. The van der Waals surface area contributed by atoms with E-state index in [4.69, 9.17) is 9.84 Å². The first-order valence-corrected chi connectivity index (χ1v) is 6.22. The van der Waals surface area contributed by atoms with Crippen LogP contribution in [0.1, 0.15) is 13.8 Å². The van der Waals surface area contributed by atoms with Gasteiger partial charge in [0.1, 0.15) is 0 Å². The van der Waals surface area contributed by atoms with Crippen molar-refractivity contribution < 1.29 is 19.4 Å². The van der Waals surface area contributed by atoms with Crippen molar-refractivity contribution >= 4 is 11.9 Å². The van der Waals surface area contributed by atoms with Crippen molar-refractivity contribution in [2.24, 2.45) is 11.8 Å². The van der Waals surface area contributed by atoms with Gasteiger partial charge in [-0.2, -0.15) is 0 Å². The number of likely N-dealkylation sites (N-methyl/N-ethyl adjacent to an activating group) is 1. The molecule has 3 atom stereocenters. The highest BCUT2D eigenvalue weighted by atomic mass is 16.5. The summed E-state index contributed by atoms with van der Waals surface area (Å²) in [5.41, 5.74) is 0. The number of hydrogen-bond acceptors (Lipinski definition) is 4. The molecule has 0 saturated carbocycles. The van der Waals surface area contributed by atoms with Crippen LogP contribution in [-0.4, -0.2) is 61.3 Å². The molecule has 6 heteroatoms. The fourth-order valence-corrected chi connectivity index (χ4v) is 1.81. The molecule has 0 aromatic rings. The molecule has 1 heterocycles. The zero-order chi connectivity index (χ0) is 13.7. The number of carbonyl (C=O) groups is 2. The first kappa shape index (κ1) is 14.9. The molecular formula is C12H22N2O4. The van der Waals surface area contributed by atoms with Gasteiger partial charge >= 0.3 is 5.97 Å². The van der Waals surface area contributed by atoms with Crippen LogP contribution in [0.4, 0.5) is 0 Å². The Morgan fingerprint density at radius 3 is 2.67 bits per heavy atom. The van der Waals surface area contributed by atoms with Crippen molar-refractivity contribution in [1.82, 2.24) is 10.2 Å². The van der Waals surface area contributed by atoms with Gasteiger partial charge in [-0.25, -0.2) is 0 Å². The van der Waals surface area contributed by atoms with Gasteiger partial charge in [0.15, 0.2) is 0 Å². The summed E-state index contributed by atoms with van der Waals surface area (Å²) >= 11 is 0. The minimum Gasteiger partial charge on any atom is -0.481 e. The van der Waals surface area contributed by atoms with E-state index >= 15 is 0 Å². The van der Waals surface area contributed by atoms with Gasteiger partial charge in [-0.3, -0.25) is 9.59 Å². The quantitative estimate of drug-likeness (QED) is 0.713. The summed E-state index contributed by atoms with van der Waals surface area (Å²) in [4.78, 5) is 24.7. The Hall–Kier alpha value is -1.14. The second kappa shape index (κ2) is 6.70. The minimum absolute atomic E-state index is 0.0139. The zero-order valence-corrected chi connectivity index (χ0v) is 11.2. The molecule has 1 aliphatic rings. The molecule has 1 amide bonds. The summed E-state index contributed by atoms with van der Waals surface area (Å²) in [6.45, 7) is 5.94. The highest BCUT2D eigenvalue weighted by Gasteiger charge is 2.26. The van der Waals surface area contributed by atoms with Gasteiger partial charge in [-0.15, -0.1) is 0 Å². The Labute approximate surface area is 107 Å². The van der Waals surface area contributed by atoms with Gasteiger partial charge in [0, 0.05) is 25.6 Å². The molecule has 0 aromatic heterocycles. The third-order valence-corrected chi connectivity index (χ3v) is 3.40. The molecule has 0 spiro atoms. The van der Waals surface area contributed by atoms with Crippen molar-refractivity contribution in [1.29, 1.82) is 0 Å². The molecule has 0 aromatic carbocycles. The van der Waals surface area contributed by atoms with Gasteiger partial charge in [0.05, 0.1) is 18.6 Å². The lowest BCUT2D eigenvalue weighted by Crippen LogP contribution is -2.47. The smallest absolute Gasteiger partial charge is 0.307 e. The molecule has 6 nitrogen and oxygen atoms in total. The van der Waals surface area contributed by atoms with Crippen molar-refractivity contribution in [3.63, 3.8) is 0 Å². The summed E-state index contributed by atoms with van der Waals surface area (Å²) < 4.78 is 5.51. The van der Waals surface area contributed by atoms with E-state index in [1.165, 1.54) is 6.92 Å². The highest BCUT2D eigenvalue weighted by molar-refractivity contribution is 5.84. The van der Waals surface area contributed by atoms with E-state index in [1.807, 2.05) is 7.05 Å². The second-order valence-corrected chi connectivity index (χ2v) is 4.92. The number of carbonyl (C=O) groups excluding carboxylic acids is 1. The van der Waals surface area contributed by atoms with Crippen molar-refractivity contribution in [3.8, 4) is 0 Å². The third-order valence-electron chi connectivity index (χ3n) is 3.40. The number of morpholine rings is 1. The second-order valence-electron chi connectivity index (χ2n) is 4.92. The van der Waals surface area contributed by atoms with Crippen molar-refractivity contribution in [3.05, 3.63) is 0 Å². The molecular weight excluding hydrogens is 236 g/mol. The predicted octanol–water partition coefficient (Wildman–Crippen LogP) is -0.210. The van der Waals surface area contributed by atoms with E-state index in [1.54, 1.807) is 6.92 Å². The van der Waals surface area contributed by atoms with E-state index in [0.29, 0.717) is 13.2 Å². The number of nitrogens with one attached hydrogen (secondary N) is 1. The molecule has 0 bridgehead atoms. The number of rotatable bonds is 5. The summed E-state index contributed by atoms with van der Waals surface area (Å²) in [5.74, 6) is -2.41. The first-order chi connectivity index (χ1) is 8.41. The maximum atomic E-state index is 11.8. The van der Waals surface area contributed by atoms with Crippen LogP contribution in [0, 0.1) is 11.8 Å². The number of carboxylic acid groups (broad SMARTS) is 1. The average molecular weight is 258 g/mol. The van der Waals surface area contributed by atoms with E-state index in [-0.39, 0.29) is 12.0 Å². The number of carboxylic acids is 1. The third kappa shape index (κ3) is 4.27. The maximum absolute atomic E-state index is 11.8. The van der Waals surface area contributed by atoms with Crippen LogP contribution in [0.25, 0.3) is 0 Å². The Kier molecular flexibility index (Phi) is 5.55. The number of amides is 1. The molecule has 1 aliphatic heterocycles. The molecule has 1 fully saturated rings. The van der Waals surface area contributed by atoms with Crippen molar-refractivity contribution in [2.45, 2.75) is 20.0 Å². The normalized spacial score (nSPS) is 24.3. The Morgan fingerprint density at radius 2 is 2.11 bits per heavy atom. The molecule has 3 unspecified atom stereocenters. The largest absolute Gasteiger partial charge is 0.481 e. The SMILES string of the molecule is CC(C(=O)O)C(C)C(=O)NCC1CN(C)CCO1. The van der Waals surface area contributed by atoms with Gasteiger partial charge in [-0.1, -0.05) is 13.8 Å². The van der Waals surface area contributed by atoms with Crippen LogP contribution in [0.5, 0.6) is 0 Å². The van der Waals surface area contributed by atoms with Crippen LogP contribution >= 0.6 is 0 Å². The molecule has 0 aliphatic carbocycles. The molecule has 18 heavy (non-hydrogen) atoms. The lowest BCUT2D eigenvalue weighted by atomic mass is 9.95. The highest BCUT2D eigenvalue weighted by Crippen LogP contribution is 2.11. The van der Waals surface area contributed by atoms with Gasteiger partial charge in [0.25, 0.3) is 0 Å². The topological polar surface area (TPSA) is 78.9 Å². The monoisotopic (exact) mass is 258 g/mol. The van der Waals surface area contributed by atoms with Gasteiger partial charge in [-0.05, 0) is 7.05 Å². The number of ether oxygens (including phenoxy) is 1. The Morgan fingerprint density at radius 1 is 1.44 bits per heavy atom. The molecule has 1 saturated heterocycles. The van der Waals surface area contributed by atoms with Crippen LogP contribution in [0.2, 0.25) is 0 Å². The van der Waals surface area contributed by atoms with E-state index < -0.39 is 17.8 Å². The number of hydrogen-bond donors (Lipinski definition) is 2. The summed E-state index contributed by atoms with van der Waals surface area (Å²) in [7, 11) is 2.01. The van der Waals surface area contributed by atoms with E-state index in [2.05, 4.69) is 10.2 Å². The zero-order valence-electron chi connectivity index (χ0n) is 11.2. The van der Waals surface area contributed by atoms with Gasteiger partial charge in [0.2, 0.25) is 5.91 Å². The average Bonchev–Trinajstić information content (AvgIpc) is 2.34. The van der Waals surface area contributed by atoms with Gasteiger partial charge < -0.3 is 20.1 Å². The summed E-state index contributed by atoms with van der Waals surface area (Å²) in [5, 5.41) is 11.6. The van der Waals surface area contributed by atoms with Crippen LogP contribution in [-0.2, 0) is 14.3 Å². The first-order valence-electron chi connectivity index (χ1n) is 6.22. The van der Waals surface area contributed by atoms with E-state index in [0.717, 1.165) is 13.1 Å². The van der Waals surface area contributed by atoms with Crippen LogP contribution in [0.3, 0.4) is 0 Å². The maximum Gasteiger partial charge on any atom is 0.307 e. The molecule has 0 radical (unpaired) electrons. The number of nitrogens with zero attached hydrogens (tertiary/aromatic N) is 1. The molecule has 1 rings (SSSR count). The van der Waals surface area contributed by atoms with Crippen molar-refractivity contribution in [2.75, 3.05) is 33.3 Å². The lowest BCUT2D eigenvalue weighted by Gasteiger charge is -2.30.